The average molecular weight is 218 g/mol. The predicted octanol–water partition coefficient (Wildman–Crippen LogP) is 3.77. The number of rotatable bonds is 4. The molecule has 0 N–H and O–H groups in total. The molecular formula is C11H10F4. The summed E-state index contributed by atoms with van der Waals surface area (Å²) in [5.41, 5.74) is 0.635. The zero-order chi connectivity index (χ0) is 11.5. The first-order valence-corrected chi connectivity index (χ1v) is 4.33. The maximum Gasteiger partial charge on any atom is 0.311 e. The van der Waals surface area contributed by atoms with E-state index in [0.717, 1.165) is 0 Å². The first kappa shape index (κ1) is 11.8. The molecule has 0 aromatic heterocycles. The van der Waals surface area contributed by atoms with E-state index in [1.807, 2.05) is 0 Å². The van der Waals surface area contributed by atoms with Crippen molar-refractivity contribution in [3.63, 3.8) is 0 Å². The quantitative estimate of drug-likeness (QED) is 0.675. The van der Waals surface area contributed by atoms with Crippen molar-refractivity contribution < 1.29 is 17.6 Å². The van der Waals surface area contributed by atoms with Gasteiger partial charge in [0.1, 0.15) is 0 Å². The van der Waals surface area contributed by atoms with Gasteiger partial charge in [0.2, 0.25) is 0 Å². The summed E-state index contributed by atoms with van der Waals surface area (Å²) in [5.74, 6) is -3.99. The van der Waals surface area contributed by atoms with E-state index in [4.69, 9.17) is 0 Å². The summed E-state index contributed by atoms with van der Waals surface area (Å²) in [4.78, 5) is 0. The molecule has 0 atom stereocenters. The van der Waals surface area contributed by atoms with Crippen molar-refractivity contribution in [2.45, 2.75) is 18.8 Å². The predicted molar refractivity (Wildman–Crippen MR) is 51.2 cm³/mol. The normalized spacial score (nSPS) is 11.8. The highest BCUT2D eigenvalue weighted by molar-refractivity contribution is 5.51. The standard InChI is InChI=1S/C11H10F4/c1-2-8-5-3-4-6-9(8)7-11(14,15)10(12)13/h2-6,10H,1,7H2. The number of benzene rings is 1. The summed E-state index contributed by atoms with van der Waals surface area (Å²) >= 11 is 0. The molecule has 0 saturated heterocycles. The van der Waals surface area contributed by atoms with Crippen molar-refractivity contribution >= 4 is 6.08 Å². The molecule has 0 amide bonds. The van der Waals surface area contributed by atoms with Gasteiger partial charge in [-0.2, -0.15) is 8.78 Å². The highest BCUT2D eigenvalue weighted by Crippen LogP contribution is 2.28. The summed E-state index contributed by atoms with van der Waals surface area (Å²) in [5, 5.41) is 0. The molecule has 1 rings (SSSR count). The molecule has 0 saturated carbocycles. The molecule has 0 aliphatic heterocycles. The van der Waals surface area contributed by atoms with E-state index in [2.05, 4.69) is 6.58 Å². The molecule has 0 aliphatic rings. The fourth-order valence-corrected chi connectivity index (χ4v) is 1.23. The summed E-state index contributed by atoms with van der Waals surface area (Å²) in [6.45, 7) is 3.43. The van der Waals surface area contributed by atoms with Gasteiger partial charge >= 0.3 is 12.3 Å². The summed E-state index contributed by atoms with van der Waals surface area (Å²) in [6.07, 6.45) is -3.24. The van der Waals surface area contributed by atoms with Crippen LogP contribution < -0.4 is 0 Å². The van der Waals surface area contributed by atoms with Crippen molar-refractivity contribution in [3.05, 3.63) is 42.0 Å². The molecule has 0 heterocycles. The molecule has 15 heavy (non-hydrogen) atoms. The SMILES string of the molecule is C=Cc1ccccc1CC(F)(F)C(F)F. The van der Waals surface area contributed by atoms with Crippen LogP contribution in [0.2, 0.25) is 0 Å². The molecule has 82 valence electrons. The topological polar surface area (TPSA) is 0 Å². The van der Waals surface area contributed by atoms with Gasteiger partial charge in [-0.3, -0.25) is 0 Å². The molecule has 0 bridgehead atoms. The summed E-state index contributed by atoms with van der Waals surface area (Å²) in [7, 11) is 0. The van der Waals surface area contributed by atoms with Crippen LogP contribution in [-0.2, 0) is 6.42 Å². The molecule has 0 fully saturated rings. The van der Waals surface area contributed by atoms with Crippen molar-refractivity contribution in [1.29, 1.82) is 0 Å². The lowest BCUT2D eigenvalue weighted by atomic mass is 10.0. The van der Waals surface area contributed by atoms with Crippen LogP contribution in [0.5, 0.6) is 0 Å². The number of hydrogen-bond acceptors (Lipinski definition) is 0. The van der Waals surface area contributed by atoms with Crippen LogP contribution in [0.15, 0.2) is 30.8 Å². The molecule has 0 spiro atoms. The van der Waals surface area contributed by atoms with Crippen molar-refractivity contribution in [2.24, 2.45) is 0 Å². The van der Waals surface area contributed by atoms with Gasteiger partial charge in [-0.15, -0.1) is 0 Å². The van der Waals surface area contributed by atoms with E-state index in [-0.39, 0.29) is 5.56 Å². The second kappa shape index (κ2) is 4.47. The molecule has 4 heteroatoms. The Hall–Kier alpha value is -1.32. The average Bonchev–Trinajstić information content (AvgIpc) is 2.18. The van der Waals surface area contributed by atoms with Crippen LogP contribution in [0.4, 0.5) is 17.6 Å². The maximum atomic E-state index is 12.8. The second-order valence-corrected chi connectivity index (χ2v) is 3.14. The Labute approximate surface area is 85.2 Å². The van der Waals surface area contributed by atoms with E-state index in [1.54, 1.807) is 12.1 Å². The van der Waals surface area contributed by atoms with E-state index >= 15 is 0 Å². The van der Waals surface area contributed by atoms with Crippen molar-refractivity contribution in [1.82, 2.24) is 0 Å². The Balaban J connectivity index is 2.94. The van der Waals surface area contributed by atoms with Gasteiger partial charge in [-0.1, -0.05) is 36.9 Å². The highest BCUT2D eigenvalue weighted by atomic mass is 19.3. The fraction of sp³-hybridized carbons (Fsp3) is 0.273. The van der Waals surface area contributed by atoms with Crippen LogP contribution in [0.1, 0.15) is 11.1 Å². The molecule has 1 aromatic carbocycles. The molecule has 0 aliphatic carbocycles. The minimum atomic E-state index is -3.99. The van der Waals surface area contributed by atoms with Crippen molar-refractivity contribution in [3.8, 4) is 0 Å². The minimum Gasteiger partial charge on any atom is -0.204 e. The highest BCUT2D eigenvalue weighted by Gasteiger charge is 2.40. The number of hydrogen-bond donors (Lipinski definition) is 0. The van der Waals surface area contributed by atoms with E-state index in [9.17, 15) is 17.6 Å². The van der Waals surface area contributed by atoms with E-state index in [1.165, 1.54) is 18.2 Å². The largest absolute Gasteiger partial charge is 0.311 e. The molecule has 0 radical (unpaired) electrons. The lowest BCUT2D eigenvalue weighted by Gasteiger charge is -2.16. The summed E-state index contributed by atoms with van der Waals surface area (Å²) < 4.78 is 49.4. The first-order chi connectivity index (χ1) is 6.97. The van der Waals surface area contributed by atoms with Gasteiger partial charge in [0.15, 0.2) is 0 Å². The van der Waals surface area contributed by atoms with Crippen LogP contribution in [0.3, 0.4) is 0 Å². The lowest BCUT2D eigenvalue weighted by molar-refractivity contribution is -0.127. The third-order valence-electron chi connectivity index (χ3n) is 2.02. The van der Waals surface area contributed by atoms with Crippen molar-refractivity contribution in [2.75, 3.05) is 0 Å². The Kier molecular flexibility index (Phi) is 3.50. The van der Waals surface area contributed by atoms with Gasteiger partial charge < -0.3 is 0 Å². The third kappa shape index (κ3) is 2.81. The maximum absolute atomic E-state index is 12.8. The van der Waals surface area contributed by atoms with Crippen LogP contribution in [0.25, 0.3) is 6.08 Å². The van der Waals surface area contributed by atoms with Gasteiger partial charge in [0, 0.05) is 6.42 Å². The number of halogens is 4. The first-order valence-electron chi connectivity index (χ1n) is 4.33. The Morgan fingerprint density at radius 1 is 1.27 bits per heavy atom. The number of alkyl halides is 4. The molecule has 1 aromatic rings. The van der Waals surface area contributed by atoms with Crippen LogP contribution in [0, 0.1) is 0 Å². The second-order valence-electron chi connectivity index (χ2n) is 3.14. The Morgan fingerprint density at radius 2 is 1.87 bits per heavy atom. The van der Waals surface area contributed by atoms with Gasteiger partial charge in [-0.25, -0.2) is 8.78 Å². The monoisotopic (exact) mass is 218 g/mol. The van der Waals surface area contributed by atoms with E-state index in [0.29, 0.717) is 5.56 Å². The van der Waals surface area contributed by atoms with Gasteiger partial charge in [-0.05, 0) is 11.1 Å². The fourth-order valence-electron chi connectivity index (χ4n) is 1.23. The van der Waals surface area contributed by atoms with E-state index < -0.39 is 18.8 Å². The molecular weight excluding hydrogens is 208 g/mol. The molecule has 0 nitrogen and oxygen atoms in total. The van der Waals surface area contributed by atoms with Gasteiger partial charge in [0.05, 0.1) is 0 Å². The third-order valence-corrected chi connectivity index (χ3v) is 2.02. The Morgan fingerprint density at radius 3 is 2.40 bits per heavy atom. The van der Waals surface area contributed by atoms with Crippen LogP contribution >= 0.6 is 0 Å². The zero-order valence-electron chi connectivity index (χ0n) is 7.89. The lowest BCUT2D eigenvalue weighted by Crippen LogP contribution is -2.29. The zero-order valence-corrected chi connectivity index (χ0v) is 7.89. The molecule has 0 unspecified atom stereocenters. The van der Waals surface area contributed by atoms with Gasteiger partial charge in [0.25, 0.3) is 0 Å². The smallest absolute Gasteiger partial charge is 0.204 e. The minimum absolute atomic E-state index is 0.179. The summed E-state index contributed by atoms with van der Waals surface area (Å²) in [6, 6.07) is 6.13. The Bertz CT molecular complexity index is 344. The van der Waals surface area contributed by atoms with Crippen LogP contribution in [-0.4, -0.2) is 12.3 Å².